The summed E-state index contributed by atoms with van der Waals surface area (Å²) in [5.41, 5.74) is 3.45. The molecule has 2 aromatic carbocycles. The summed E-state index contributed by atoms with van der Waals surface area (Å²) in [6.45, 7) is 4.96. The Labute approximate surface area is 307 Å². The molecule has 51 heavy (non-hydrogen) atoms. The first kappa shape index (κ1) is 36.2. The van der Waals surface area contributed by atoms with Gasteiger partial charge >= 0.3 is 6.03 Å². The highest BCUT2D eigenvalue weighted by Gasteiger charge is 2.44. The molecule has 5 aliphatic rings. The van der Waals surface area contributed by atoms with Gasteiger partial charge in [0.05, 0.1) is 30.3 Å². The van der Waals surface area contributed by atoms with Crippen molar-refractivity contribution in [2.45, 2.75) is 75.9 Å². The smallest absolute Gasteiger partial charge is 0.329 e. The number of halogens is 1. The number of carbonyl (C=O) groups is 2. The molecular weight excluding hydrogens is 688 g/mol. The van der Waals surface area contributed by atoms with E-state index < -0.39 is 21.9 Å². The molecule has 276 valence electrons. The molecule has 2 aromatic rings. The van der Waals surface area contributed by atoms with Gasteiger partial charge in [-0.3, -0.25) is 9.52 Å². The van der Waals surface area contributed by atoms with Gasteiger partial charge in [0.25, 0.3) is 5.91 Å². The molecule has 6 atom stereocenters. The number of benzene rings is 2. The van der Waals surface area contributed by atoms with Gasteiger partial charge in [0.15, 0.2) is 0 Å². The lowest BCUT2D eigenvalue weighted by molar-refractivity contribution is 0.0131. The van der Waals surface area contributed by atoms with Gasteiger partial charge in [0, 0.05) is 56.4 Å². The first-order valence-corrected chi connectivity index (χ1v) is 20.5. The van der Waals surface area contributed by atoms with Gasteiger partial charge in [-0.05, 0) is 111 Å². The molecule has 2 aliphatic carbocycles. The zero-order valence-corrected chi connectivity index (χ0v) is 31.6. The molecule has 1 saturated carbocycles. The number of urea groups is 1. The van der Waals surface area contributed by atoms with E-state index in [4.69, 9.17) is 25.8 Å². The molecule has 1 unspecified atom stereocenters. The van der Waals surface area contributed by atoms with Crippen LogP contribution in [0.25, 0.3) is 0 Å². The second-order valence-corrected chi connectivity index (χ2v) is 17.7. The van der Waals surface area contributed by atoms with Crippen LogP contribution in [0.15, 0.2) is 52.9 Å². The fourth-order valence-electron chi connectivity index (χ4n) is 8.86. The van der Waals surface area contributed by atoms with Crippen LogP contribution in [0.2, 0.25) is 5.02 Å². The number of hydrogen-bond acceptors (Lipinski definition) is 7. The van der Waals surface area contributed by atoms with Crippen molar-refractivity contribution < 1.29 is 28.0 Å². The minimum atomic E-state index is -3.48. The van der Waals surface area contributed by atoms with Crippen LogP contribution in [-0.2, 0) is 31.2 Å². The number of rotatable bonds is 3. The highest BCUT2D eigenvalue weighted by molar-refractivity contribution is 7.92. The maximum atomic E-state index is 14.6. The van der Waals surface area contributed by atoms with Crippen molar-refractivity contribution >= 4 is 39.1 Å². The maximum Gasteiger partial charge on any atom is 0.329 e. The number of fused-ring (bicyclic) bond motifs is 4. The molecule has 10 nitrogen and oxygen atoms in total. The van der Waals surface area contributed by atoms with Crippen molar-refractivity contribution in [3.63, 3.8) is 0 Å². The molecule has 7 rings (SSSR count). The predicted octanol–water partition coefficient (Wildman–Crippen LogP) is 6.79. The Bertz CT molecular complexity index is 1790. The molecular formula is C39H51ClN4O6S. The Morgan fingerprint density at radius 3 is 2.67 bits per heavy atom. The van der Waals surface area contributed by atoms with Crippen molar-refractivity contribution in [3.8, 4) is 5.75 Å². The largest absolute Gasteiger partial charge is 0.490 e. The molecule has 2 fully saturated rings. The first-order chi connectivity index (χ1) is 24.6. The van der Waals surface area contributed by atoms with E-state index in [0.717, 1.165) is 55.9 Å². The monoisotopic (exact) mass is 738 g/mol. The van der Waals surface area contributed by atoms with E-state index in [1.54, 1.807) is 25.2 Å². The number of nitrogens with zero attached hydrogens (tertiary/aromatic N) is 3. The number of piperidine rings is 1. The molecule has 12 heteroatoms. The Balaban J connectivity index is 1.26. The zero-order chi connectivity index (χ0) is 35.8. The van der Waals surface area contributed by atoms with Crippen LogP contribution >= 0.6 is 11.6 Å². The molecule has 3 aliphatic heterocycles. The number of anilines is 1. The van der Waals surface area contributed by atoms with E-state index in [0.29, 0.717) is 62.1 Å². The van der Waals surface area contributed by atoms with Crippen molar-refractivity contribution in [1.29, 1.82) is 0 Å². The first-order valence-electron chi connectivity index (χ1n) is 18.5. The average molecular weight is 739 g/mol. The second kappa shape index (κ2) is 15.1. The van der Waals surface area contributed by atoms with Crippen LogP contribution in [0.4, 0.5) is 10.5 Å². The van der Waals surface area contributed by atoms with E-state index >= 15 is 0 Å². The molecule has 1 saturated heterocycles. The summed E-state index contributed by atoms with van der Waals surface area (Å²) in [5, 5.41) is 0.745. The van der Waals surface area contributed by atoms with Crippen molar-refractivity contribution in [1.82, 2.24) is 9.62 Å². The van der Waals surface area contributed by atoms with Gasteiger partial charge in [-0.2, -0.15) is 0 Å². The number of carbonyl (C=O) groups excluding carboxylic acids is 2. The van der Waals surface area contributed by atoms with Crippen LogP contribution in [-0.4, -0.2) is 86.0 Å². The molecule has 3 amide bonds. The third-order valence-corrected chi connectivity index (χ3v) is 14.0. The van der Waals surface area contributed by atoms with E-state index in [9.17, 15) is 13.8 Å². The molecule has 0 aromatic heterocycles. The summed E-state index contributed by atoms with van der Waals surface area (Å²) >= 11 is 6.46. The van der Waals surface area contributed by atoms with Gasteiger partial charge in [-0.1, -0.05) is 36.7 Å². The summed E-state index contributed by atoms with van der Waals surface area (Å²) in [7, 11) is -0.0323. The lowest BCUT2D eigenvalue weighted by Crippen LogP contribution is -2.49. The normalized spacial score (nSPS) is 32.0. The van der Waals surface area contributed by atoms with Gasteiger partial charge in [0.2, 0.25) is 0 Å². The molecule has 1 spiro atoms. The fraction of sp³-hybridized carbons (Fsp3) is 0.590. The van der Waals surface area contributed by atoms with Crippen molar-refractivity contribution in [3.05, 3.63) is 70.3 Å². The van der Waals surface area contributed by atoms with Crippen LogP contribution < -0.4 is 14.4 Å². The number of ether oxygens (including phenoxy) is 3. The number of aryl methyl sites for hydroxylation is 1. The zero-order valence-electron chi connectivity index (χ0n) is 30.0. The summed E-state index contributed by atoms with van der Waals surface area (Å²) in [5.74, 6) is 0.765. The van der Waals surface area contributed by atoms with Gasteiger partial charge in [-0.15, -0.1) is 4.36 Å². The lowest BCUT2D eigenvalue weighted by atomic mass is 9.68. The van der Waals surface area contributed by atoms with Gasteiger partial charge in [0.1, 0.15) is 15.7 Å². The summed E-state index contributed by atoms with van der Waals surface area (Å²) in [4.78, 5) is 31.5. The Hall–Kier alpha value is -3.12. The summed E-state index contributed by atoms with van der Waals surface area (Å²) in [6.07, 6.45) is 11.5. The maximum absolute atomic E-state index is 14.6. The molecule has 3 heterocycles. The Morgan fingerprint density at radius 2 is 1.92 bits per heavy atom. The van der Waals surface area contributed by atoms with Gasteiger partial charge in [-0.25, -0.2) is 9.00 Å². The number of amides is 3. The van der Waals surface area contributed by atoms with E-state index in [-0.39, 0.29) is 29.3 Å². The van der Waals surface area contributed by atoms with Crippen LogP contribution in [0, 0.1) is 17.8 Å². The molecule has 2 bridgehead atoms. The number of allylic oxidation sites excluding steroid dienone is 1. The lowest BCUT2D eigenvalue weighted by Gasteiger charge is -2.46. The minimum Gasteiger partial charge on any atom is -0.490 e. The number of likely N-dealkylation sites (tertiary alicyclic amines) is 1. The van der Waals surface area contributed by atoms with Crippen LogP contribution in [0.5, 0.6) is 5.75 Å². The van der Waals surface area contributed by atoms with Crippen molar-refractivity contribution in [2.24, 2.45) is 22.1 Å². The summed E-state index contributed by atoms with van der Waals surface area (Å²) in [6, 6.07) is 11.2. The second-order valence-electron chi connectivity index (χ2n) is 15.3. The quantitative estimate of drug-likeness (QED) is 0.346. The highest BCUT2D eigenvalue weighted by atomic mass is 35.5. The summed E-state index contributed by atoms with van der Waals surface area (Å²) < 4.78 is 39.8. The SMILES string of the molecule is COC1CCN(C(=O)NS2(=O)=NC(=O)c3ccc4c(c3)N(C[C@@H]3CC[C@H]3[C@@H](OC)/C=C/C[C@H](C)C2)C[C@@]2(CCCc3cc(Cl)ccc32)CO4)CC1. The minimum absolute atomic E-state index is 0.0409. The van der Waals surface area contributed by atoms with E-state index in [1.807, 2.05) is 25.1 Å². The highest BCUT2D eigenvalue weighted by Crippen LogP contribution is 2.47. The van der Waals surface area contributed by atoms with Crippen LogP contribution in [0.1, 0.15) is 73.4 Å². The van der Waals surface area contributed by atoms with Crippen LogP contribution in [0.3, 0.4) is 0 Å². The number of nitrogens with one attached hydrogen (secondary N) is 1. The third kappa shape index (κ3) is 7.68. The Morgan fingerprint density at radius 1 is 1.10 bits per heavy atom. The molecule has 0 radical (unpaired) electrons. The van der Waals surface area contributed by atoms with E-state index in [2.05, 4.69) is 38.3 Å². The standard InChI is InChI=1S/C39H51ClN4O6S/c1-26-6-4-8-35(49-3)32-12-9-29(32)22-44-24-39(17-5-7-27-20-30(40)11-13-33(27)39)25-50-36-14-10-28(21-34(36)44)37(45)41-51(47,23-26)42-38(46)43-18-15-31(48-2)16-19-43/h4,8,10-11,13-14,20-21,26,29,31-32,35H,5-7,9,12,15-19,22-25H2,1-3H3,(H,41,42,45,46,47)/b8-4+/t26-,29-,32+,35-,39-,51?/m0/s1. The Kier molecular flexibility index (Phi) is 10.7. The molecule has 1 N–H and O–H groups in total. The number of methoxy groups -OCH3 is 2. The number of hydrogen-bond donors (Lipinski definition) is 1. The topological polar surface area (TPSA) is 110 Å². The van der Waals surface area contributed by atoms with Gasteiger partial charge < -0.3 is 24.0 Å². The predicted molar refractivity (Wildman–Crippen MR) is 200 cm³/mol. The fourth-order valence-corrected chi connectivity index (χ4v) is 10.9. The van der Waals surface area contributed by atoms with Crippen molar-refractivity contribution in [2.75, 3.05) is 57.7 Å². The van der Waals surface area contributed by atoms with E-state index in [1.165, 1.54) is 11.1 Å². The third-order valence-electron chi connectivity index (χ3n) is 11.8. The average Bonchev–Trinajstić information content (AvgIpc) is 3.25.